The molecule has 1 N–H and O–H groups in total. The second-order valence-electron chi connectivity index (χ2n) is 8.64. The van der Waals surface area contributed by atoms with Crippen LogP contribution < -0.4 is 9.62 Å². The molecule has 0 radical (unpaired) electrons. The van der Waals surface area contributed by atoms with E-state index in [1.54, 1.807) is 30.4 Å². The molecular formula is C22H30N2O2S2. The number of thiophene rings is 1. The molecule has 1 aromatic heterocycles. The number of ether oxygens (including phenoxy) is 2. The van der Waals surface area contributed by atoms with Crippen molar-refractivity contribution >= 4 is 34.7 Å². The zero-order chi connectivity index (χ0) is 19.8. The number of benzene rings is 1. The molecule has 0 saturated carbocycles. The molecule has 4 nitrogen and oxygen atoms in total. The van der Waals surface area contributed by atoms with Gasteiger partial charge in [-0.25, -0.2) is 0 Å². The van der Waals surface area contributed by atoms with E-state index in [-0.39, 0.29) is 5.60 Å². The summed E-state index contributed by atoms with van der Waals surface area (Å²) in [6.45, 7) is 10.5. The van der Waals surface area contributed by atoms with Gasteiger partial charge in [0.2, 0.25) is 0 Å². The van der Waals surface area contributed by atoms with E-state index < -0.39 is 0 Å². The van der Waals surface area contributed by atoms with Crippen molar-refractivity contribution in [1.29, 1.82) is 0 Å². The van der Waals surface area contributed by atoms with Gasteiger partial charge in [-0.3, -0.25) is 0 Å². The summed E-state index contributed by atoms with van der Waals surface area (Å²) in [6.07, 6.45) is 2.48. The third-order valence-electron chi connectivity index (χ3n) is 6.02. The molecule has 0 amide bonds. The molecule has 0 spiro atoms. The highest BCUT2D eigenvalue weighted by atomic mass is 32.2. The van der Waals surface area contributed by atoms with Gasteiger partial charge in [0.05, 0.1) is 28.8 Å². The summed E-state index contributed by atoms with van der Waals surface area (Å²) >= 11 is 3.47. The average Bonchev–Trinajstić information content (AvgIpc) is 3.09. The van der Waals surface area contributed by atoms with Crippen LogP contribution >= 0.6 is 23.3 Å². The monoisotopic (exact) mass is 418 g/mol. The van der Waals surface area contributed by atoms with Gasteiger partial charge in [-0.1, -0.05) is 26.0 Å². The number of rotatable bonds is 6. The second kappa shape index (κ2) is 7.90. The first-order valence-electron chi connectivity index (χ1n) is 9.93. The lowest BCUT2D eigenvalue weighted by Crippen LogP contribution is -2.47. The number of piperidine rings is 1. The Hall–Kier alpha value is -1.21. The molecule has 1 aromatic carbocycles. The Balaban J connectivity index is 1.47. The Morgan fingerprint density at radius 3 is 2.54 bits per heavy atom. The van der Waals surface area contributed by atoms with Crippen LogP contribution in [0.25, 0.3) is 0 Å². The highest BCUT2D eigenvalue weighted by Gasteiger charge is 2.42. The molecule has 28 heavy (non-hydrogen) atoms. The van der Waals surface area contributed by atoms with E-state index in [0.717, 1.165) is 13.1 Å². The third kappa shape index (κ3) is 3.92. The van der Waals surface area contributed by atoms with Crippen molar-refractivity contribution in [3.63, 3.8) is 0 Å². The molecule has 152 valence electrons. The smallest absolute Gasteiger partial charge is 0.148 e. The molecule has 2 aromatic rings. The van der Waals surface area contributed by atoms with E-state index in [2.05, 4.69) is 60.7 Å². The Labute approximate surface area is 176 Å². The van der Waals surface area contributed by atoms with E-state index in [0.29, 0.717) is 18.6 Å². The lowest BCUT2D eigenvalue weighted by Gasteiger charge is -2.39. The first-order chi connectivity index (χ1) is 13.4. The van der Waals surface area contributed by atoms with Crippen LogP contribution in [0.5, 0.6) is 0 Å². The van der Waals surface area contributed by atoms with Crippen LogP contribution in [0.1, 0.15) is 37.1 Å². The van der Waals surface area contributed by atoms with Crippen molar-refractivity contribution in [2.75, 3.05) is 43.0 Å². The average molecular weight is 419 g/mol. The minimum Gasteiger partial charge on any atom is -0.374 e. The normalized spacial score (nSPS) is 20.6. The number of aryl methyl sites for hydroxylation is 1. The van der Waals surface area contributed by atoms with Crippen molar-refractivity contribution in [2.24, 2.45) is 5.41 Å². The topological polar surface area (TPSA) is 33.7 Å². The molecule has 3 heterocycles. The van der Waals surface area contributed by atoms with Crippen LogP contribution in [0, 0.1) is 12.3 Å². The molecular weight excluding hydrogens is 388 g/mol. The third-order valence-corrected chi connectivity index (χ3v) is 8.25. The summed E-state index contributed by atoms with van der Waals surface area (Å²) in [5.74, 6) is 0. The molecule has 2 aliphatic rings. The predicted molar refractivity (Wildman–Crippen MR) is 120 cm³/mol. The summed E-state index contributed by atoms with van der Waals surface area (Å²) in [5.41, 5.74) is 4.11. The lowest BCUT2D eigenvalue weighted by molar-refractivity contribution is -0.200. The summed E-state index contributed by atoms with van der Waals surface area (Å²) in [7, 11) is 1.77. The van der Waals surface area contributed by atoms with Crippen LogP contribution in [-0.4, -0.2) is 33.4 Å². The number of nitrogens with zero attached hydrogens (tertiary/aromatic N) is 1. The van der Waals surface area contributed by atoms with Gasteiger partial charge < -0.3 is 19.1 Å². The maximum atomic E-state index is 5.72. The summed E-state index contributed by atoms with van der Waals surface area (Å²) in [5, 5.41) is 0. The van der Waals surface area contributed by atoms with Gasteiger partial charge >= 0.3 is 0 Å². The van der Waals surface area contributed by atoms with Crippen LogP contribution in [0.2, 0.25) is 0 Å². The molecule has 2 aliphatic heterocycles. The first kappa shape index (κ1) is 20.1. The van der Waals surface area contributed by atoms with E-state index >= 15 is 0 Å². The molecule has 6 heteroatoms. The molecule has 0 atom stereocenters. The molecule has 0 unspecified atom stereocenters. The summed E-state index contributed by atoms with van der Waals surface area (Å²) in [4.78, 5) is 3.79. The summed E-state index contributed by atoms with van der Waals surface area (Å²) < 4.78 is 16.0. The Morgan fingerprint density at radius 2 is 1.89 bits per heavy atom. The lowest BCUT2D eigenvalue weighted by atomic mass is 9.82. The fourth-order valence-corrected chi connectivity index (χ4v) is 5.82. The minimum atomic E-state index is -0.238. The first-order valence-corrected chi connectivity index (χ1v) is 11.6. The zero-order valence-electron chi connectivity index (χ0n) is 17.2. The van der Waals surface area contributed by atoms with Crippen LogP contribution in [0.3, 0.4) is 0 Å². The number of methoxy groups -OCH3 is 1. The van der Waals surface area contributed by atoms with E-state index in [1.165, 1.54) is 38.9 Å². The number of hydrogen-bond donors (Lipinski definition) is 1. The van der Waals surface area contributed by atoms with Gasteiger partial charge in [0.1, 0.15) is 5.60 Å². The van der Waals surface area contributed by atoms with Crippen molar-refractivity contribution in [2.45, 2.75) is 43.4 Å². The van der Waals surface area contributed by atoms with Crippen LogP contribution in [-0.2, 0) is 15.1 Å². The highest BCUT2D eigenvalue weighted by Crippen LogP contribution is 2.42. The number of nitrogens with one attached hydrogen (secondary N) is 1. The van der Waals surface area contributed by atoms with E-state index in [9.17, 15) is 0 Å². The molecule has 4 rings (SSSR count). The fraction of sp³-hybridized carbons (Fsp3) is 0.545. The van der Waals surface area contributed by atoms with Crippen LogP contribution in [0.4, 0.5) is 11.4 Å². The minimum absolute atomic E-state index is 0.238. The predicted octanol–water partition coefficient (Wildman–Crippen LogP) is 5.67. The van der Waals surface area contributed by atoms with Gasteiger partial charge in [0, 0.05) is 25.1 Å². The van der Waals surface area contributed by atoms with Gasteiger partial charge in [0.15, 0.2) is 0 Å². The highest BCUT2D eigenvalue weighted by molar-refractivity contribution is 8.02. The SMILES string of the molecule is COC1(c2ccc(SNc3cccc(C)c3N3CCC(C)(C)CC3)s2)COC1. The summed E-state index contributed by atoms with van der Waals surface area (Å²) in [6, 6.07) is 10.9. The maximum absolute atomic E-state index is 5.72. The van der Waals surface area contributed by atoms with E-state index in [1.807, 2.05) is 0 Å². The van der Waals surface area contributed by atoms with E-state index in [4.69, 9.17) is 9.47 Å². The molecule has 2 fully saturated rings. The van der Waals surface area contributed by atoms with Gasteiger partial charge in [-0.05, 0) is 60.9 Å². The number of hydrogen-bond acceptors (Lipinski definition) is 6. The van der Waals surface area contributed by atoms with Gasteiger partial charge in [-0.15, -0.1) is 11.3 Å². The standard InChI is InChI=1S/C22H30N2O2S2/c1-16-6-5-7-17(20(16)24-12-10-21(2,3)11-13-24)23-28-19-9-8-18(27-19)22(25-4)14-26-15-22/h5-9,23H,10-15H2,1-4H3. The Bertz CT molecular complexity index is 814. The Kier molecular flexibility index (Phi) is 5.67. The largest absolute Gasteiger partial charge is 0.374 e. The zero-order valence-corrected chi connectivity index (χ0v) is 18.8. The molecule has 0 bridgehead atoms. The molecule has 2 saturated heterocycles. The van der Waals surface area contributed by atoms with Gasteiger partial charge in [-0.2, -0.15) is 0 Å². The van der Waals surface area contributed by atoms with Crippen molar-refractivity contribution in [1.82, 2.24) is 0 Å². The second-order valence-corrected chi connectivity index (χ2v) is 10.8. The Morgan fingerprint density at radius 1 is 1.14 bits per heavy atom. The fourth-order valence-electron chi connectivity index (χ4n) is 3.87. The van der Waals surface area contributed by atoms with Crippen molar-refractivity contribution < 1.29 is 9.47 Å². The van der Waals surface area contributed by atoms with Crippen molar-refractivity contribution in [3.8, 4) is 0 Å². The molecule has 0 aliphatic carbocycles. The van der Waals surface area contributed by atoms with Crippen LogP contribution in [0.15, 0.2) is 34.5 Å². The number of para-hydroxylation sites is 1. The quantitative estimate of drug-likeness (QED) is 0.611. The van der Waals surface area contributed by atoms with Crippen molar-refractivity contribution in [3.05, 3.63) is 40.8 Å². The number of anilines is 2. The maximum Gasteiger partial charge on any atom is 0.148 e. The van der Waals surface area contributed by atoms with Gasteiger partial charge in [0.25, 0.3) is 0 Å².